The van der Waals surface area contributed by atoms with E-state index in [2.05, 4.69) is 5.32 Å². The van der Waals surface area contributed by atoms with E-state index in [1.165, 1.54) is 0 Å². The van der Waals surface area contributed by atoms with Crippen LogP contribution in [0.3, 0.4) is 0 Å². The highest BCUT2D eigenvalue weighted by atomic mass is 32.2. The smallest absolute Gasteiger partial charge is 0.243 e. The van der Waals surface area contributed by atoms with Gasteiger partial charge in [0.05, 0.1) is 4.90 Å². The predicted molar refractivity (Wildman–Crippen MR) is 94.2 cm³/mol. The SMILES string of the molecule is CC1CCCC(C)N1S(=O)(=O)c1ccc(NC(=O)C2CCC2)cc1. The molecule has 5 nitrogen and oxygen atoms in total. The average molecular weight is 350 g/mol. The number of piperidine rings is 1. The molecule has 0 aromatic heterocycles. The lowest BCUT2D eigenvalue weighted by atomic mass is 9.85. The summed E-state index contributed by atoms with van der Waals surface area (Å²) in [7, 11) is -3.49. The fourth-order valence-corrected chi connectivity index (χ4v) is 5.50. The minimum Gasteiger partial charge on any atom is -0.326 e. The Morgan fingerprint density at radius 1 is 1.00 bits per heavy atom. The van der Waals surface area contributed by atoms with E-state index in [0.29, 0.717) is 10.6 Å². The topological polar surface area (TPSA) is 66.5 Å². The van der Waals surface area contributed by atoms with Crippen molar-refractivity contribution in [3.8, 4) is 0 Å². The number of anilines is 1. The number of nitrogens with zero attached hydrogens (tertiary/aromatic N) is 1. The highest BCUT2D eigenvalue weighted by molar-refractivity contribution is 7.89. The molecule has 1 aromatic carbocycles. The van der Waals surface area contributed by atoms with Gasteiger partial charge in [-0.3, -0.25) is 4.79 Å². The summed E-state index contributed by atoms with van der Waals surface area (Å²) >= 11 is 0. The summed E-state index contributed by atoms with van der Waals surface area (Å²) in [5, 5.41) is 2.87. The fourth-order valence-electron chi connectivity index (χ4n) is 3.62. The van der Waals surface area contributed by atoms with Crippen molar-refractivity contribution in [2.75, 3.05) is 5.32 Å². The summed E-state index contributed by atoms with van der Waals surface area (Å²) in [6.07, 6.45) is 5.88. The van der Waals surface area contributed by atoms with Gasteiger partial charge in [-0.05, 0) is 63.8 Å². The molecule has 132 valence electrons. The van der Waals surface area contributed by atoms with Crippen LogP contribution in [0.25, 0.3) is 0 Å². The standard InChI is InChI=1S/C18H26N2O3S/c1-13-5-3-6-14(2)20(13)24(22,23)17-11-9-16(10-12-17)19-18(21)15-7-4-8-15/h9-15H,3-8H2,1-2H3,(H,19,21). The van der Waals surface area contributed by atoms with Crippen LogP contribution < -0.4 is 5.32 Å². The van der Waals surface area contributed by atoms with Crippen LogP contribution in [0, 0.1) is 5.92 Å². The molecule has 1 aliphatic heterocycles. The second-order valence-corrected chi connectivity index (χ2v) is 8.95. The highest BCUT2D eigenvalue weighted by Crippen LogP contribution is 2.30. The molecular formula is C18H26N2O3S. The van der Waals surface area contributed by atoms with E-state index in [-0.39, 0.29) is 23.9 Å². The summed E-state index contributed by atoms with van der Waals surface area (Å²) in [4.78, 5) is 12.3. The normalized spacial score (nSPS) is 25.9. The van der Waals surface area contributed by atoms with E-state index < -0.39 is 10.0 Å². The first-order valence-electron chi connectivity index (χ1n) is 8.84. The molecule has 1 aromatic rings. The van der Waals surface area contributed by atoms with E-state index in [4.69, 9.17) is 0 Å². The van der Waals surface area contributed by atoms with Gasteiger partial charge >= 0.3 is 0 Å². The Bertz CT molecular complexity index is 685. The van der Waals surface area contributed by atoms with Gasteiger partial charge in [0.1, 0.15) is 0 Å². The third-order valence-corrected chi connectivity index (χ3v) is 7.43. The Balaban J connectivity index is 1.75. The number of hydrogen-bond donors (Lipinski definition) is 1. The van der Waals surface area contributed by atoms with Crippen LogP contribution in [0.2, 0.25) is 0 Å². The largest absolute Gasteiger partial charge is 0.326 e. The Hall–Kier alpha value is -1.40. The molecule has 2 aliphatic rings. The second kappa shape index (κ2) is 6.84. The third kappa shape index (κ3) is 3.35. The number of carbonyl (C=O) groups excluding carboxylic acids is 1. The quantitative estimate of drug-likeness (QED) is 0.905. The summed E-state index contributed by atoms with van der Waals surface area (Å²) in [5.74, 6) is 0.151. The molecule has 1 saturated heterocycles. The molecule has 1 aliphatic carbocycles. The van der Waals surface area contributed by atoms with Crippen LogP contribution in [-0.2, 0) is 14.8 Å². The summed E-state index contributed by atoms with van der Waals surface area (Å²) in [5.41, 5.74) is 0.658. The van der Waals surface area contributed by atoms with Gasteiger partial charge in [-0.2, -0.15) is 4.31 Å². The molecule has 2 unspecified atom stereocenters. The van der Waals surface area contributed by atoms with Crippen molar-refractivity contribution < 1.29 is 13.2 Å². The summed E-state index contributed by atoms with van der Waals surface area (Å²) < 4.78 is 27.5. The number of carbonyl (C=O) groups is 1. The van der Waals surface area contributed by atoms with Crippen LogP contribution in [0.4, 0.5) is 5.69 Å². The van der Waals surface area contributed by atoms with Crippen molar-refractivity contribution in [2.45, 2.75) is 69.4 Å². The van der Waals surface area contributed by atoms with Gasteiger partial charge < -0.3 is 5.32 Å². The molecule has 0 radical (unpaired) electrons. The lowest BCUT2D eigenvalue weighted by Gasteiger charge is -2.37. The molecule has 1 heterocycles. The maximum Gasteiger partial charge on any atom is 0.243 e. The molecule has 2 fully saturated rings. The number of amides is 1. The molecule has 3 rings (SSSR count). The zero-order valence-electron chi connectivity index (χ0n) is 14.4. The van der Waals surface area contributed by atoms with Crippen LogP contribution in [0.1, 0.15) is 52.4 Å². The first-order chi connectivity index (χ1) is 11.4. The molecular weight excluding hydrogens is 324 g/mol. The molecule has 6 heteroatoms. The zero-order chi connectivity index (χ0) is 17.3. The van der Waals surface area contributed by atoms with Gasteiger partial charge in [-0.15, -0.1) is 0 Å². The van der Waals surface area contributed by atoms with Gasteiger partial charge in [-0.1, -0.05) is 12.8 Å². The Morgan fingerprint density at radius 3 is 2.04 bits per heavy atom. The van der Waals surface area contributed by atoms with E-state index in [1.807, 2.05) is 13.8 Å². The molecule has 1 N–H and O–H groups in total. The van der Waals surface area contributed by atoms with Gasteiger partial charge in [0.25, 0.3) is 0 Å². The summed E-state index contributed by atoms with van der Waals surface area (Å²) in [6.45, 7) is 3.95. The van der Waals surface area contributed by atoms with Crippen molar-refractivity contribution in [3.05, 3.63) is 24.3 Å². The minimum atomic E-state index is -3.49. The van der Waals surface area contributed by atoms with Crippen molar-refractivity contribution in [2.24, 2.45) is 5.92 Å². The first kappa shape index (κ1) is 17.4. The van der Waals surface area contributed by atoms with Gasteiger partial charge in [-0.25, -0.2) is 8.42 Å². The Kier molecular flexibility index (Phi) is 4.97. The monoisotopic (exact) mass is 350 g/mol. The van der Waals surface area contributed by atoms with Crippen molar-refractivity contribution in [1.82, 2.24) is 4.31 Å². The van der Waals surface area contributed by atoms with Gasteiger partial charge in [0.2, 0.25) is 15.9 Å². The van der Waals surface area contributed by atoms with Crippen molar-refractivity contribution in [3.63, 3.8) is 0 Å². The van der Waals surface area contributed by atoms with Gasteiger partial charge in [0, 0.05) is 23.7 Å². The average Bonchev–Trinajstić information content (AvgIpc) is 2.45. The fraction of sp³-hybridized carbons (Fsp3) is 0.611. The molecule has 1 amide bonds. The van der Waals surface area contributed by atoms with E-state index >= 15 is 0 Å². The van der Waals surface area contributed by atoms with Gasteiger partial charge in [0.15, 0.2) is 0 Å². The van der Waals surface area contributed by atoms with Crippen LogP contribution in [0.15, 0.2) is 29.2 Å². The van der Waals surface area contributed by atoms with Crippen LogP contribution in [0.5, 0.6) is 0 Å². The first-order valence-corrected chi connectivity index (χ1v) is 10.3. The highest BCUT2D eigenvalue weighted by Gasteiger charge is 2.35. The number of sulfonamides is 1. The third-order valence-electron chi connectivity index (χ3n) is 5.29. The van der Waals surface area contributed by atoms with Crippen molar-refractivity contribution in [1.29, 1.82) is 0 Å². The number of nitrogens with one attached hydrogen (secondary N) is 1. The lowest BCUT2D eigenvalue weighted by molar-refractivity contribution is -0.122. The number of benzene rings is 1. The Morgan fingerprint density at radius 2 is 1.54 bits per heavy atom. The second-order valence-electron chi connectivity index (χ2n) is 7.11. The molecule has 24 heavy (non-hydrogen) atoms. The number of rotatable bonds is 4. The number of hydrogen-bond acceptors (Lipinski definition) is 3. The maximum absolute atomic E-state index is 12.9. The molecule has 0 bridgehead atoms. The predicted octanol–water partition coefficient (Wildman–Crippen LogP) is 3.38. The summed E-state index contributed by atoms with van der Waals surface area (Å²) in [6, 6.07) is 6.61. The molecule has 0 spiro atoms. The van der Waals surface area contributed by atoms with E-state index in [9.17, 15) is 13.2 Å². The molecule has 2 atom stereocenters. The molecule has 1 saturated carbocycles. The van der Waals surface area contributed by atoms with Crippen LogP contribution in [-0.4, -0.2) is 30.7 Å². The Labute approximate surface area is 144 Å². The lowest BCUT2D eigenvalue weighted by Crippen LogP contribution is -2.47. The van der Waals surface area contributed by atoms with E-state index in [1.54, 1.807) is 28.6 Å². The maximum atomic E-state index is 12.9. The van der Waals surface area contributed by atoms with Crippen LogP contribution >= 0.6 is 0 Å². The minimum absolute atomic E-state index is 0.0248. The van der Waals surface area contributed by atoms with E-state index in [0.717, 1.165) is 38.5 Å². The zero-order valence-corrected chi connectivity index (χ0v) is 15.2. The van der Waals surface area contributed by atoms with Crippen molar-refractivity contribution >= 4 is 21.6 Å².